The van der Waals surface area contributed by atoms with Gasteiger partial charge in [0.25, 0.3) is 5.91 Å². The molecule has 0 saturated carbocycles. The standard InChI is InChI=1S/C13H14N2O4/c1-17-10-2-4-11(5-3-10)19-8-12-6-9(7-18-12)13(16)15-14/h2-7H,8,14H2,1H3,(H,15,16). The molecule has 0 saturated heterocycles. The Hall–Kier alpha value is -2.47. The van der Waals surface area contributed by atoms with Gasteiger partial charge < -0.3 is 13.9 Å². The van der Waals surface area contributed by atoms with Crippen molar-refractivity contribution < 1.29 is 18.7 Å². The van der Waals surface area contributed by atoms with Crippen LogP contribution in [0.2, 0.25) is 0 Å². The highest BCUT2D eigenvalue weighted by Crippen LogP contribution is 2.18. The molecule has 19 heavy (non-hydrogen) atoms. The van der Waals surface area contributed by atoms with E-state index < -0.39 is 5.91 Å². The molecule has 6 nitrogen and oxygen atoms in total. The van der Waals surface area contributed by atoms with E-state index in [-0.39, 0.29) is 6.61 Å². The fourth-order valence-electron chi connectivity index (χ4n) is 1.49. The number of ether oxygens (including phenoxy) is 2. The number of amides is 1. The minimum Gasteiger partial charge on any atom is -0.497 e. The molecule has 2 aromatic rings. The predicted octanol–water partition coefficient (Wildman–Crippen LogP) is 1.47. The molecule has 1 aromatic carbocycles. The molecule has 1 heterocycles. The Bertz CT molecular complexity index is 548. The average Bonchev–Trinajstić information content (AvgIpc) is 2.93. The quantitative estimate of drug-likeness (QED) is 0.484. The van der Waals surface area contributed by atoms with Crippen LogP contribution in [0.25, 0.3) is 0 Å². The smallest absolute Gasteiger partial charge is 0.268 e. The van der Waals surface area contributed by atoms with Gasteiger partial charge in [0.1, 0.15) is 30.1 Å². The third-order valence-electron chi connectivity index (χ3n) is 2.49. The van der Waals surface area contributed by atoms with Crippen molar-refractivity contribution in [2.45, 2.75) is 6.61 Å². The molecule has 0 atom stereocenters. The lowest BCUT2D eigenvalue weighted by molar-refractivity contribution is 0.0953. The number of hydrazine groups is 1. The van der Waals surface area contributed by atoms with Gasteiger partial charge in [-0.15, -0.1) is 0 Å². The molecule has 0 fully saturated rings. The van der Waals surface area contributed by atoms with Crippen LogP contribution >= 0.6 is 0 Å². The van der Waals surface area contributed by atoms with Crippen LogP contribution in [0.3, 0.4) is 0 Å². The van der Waals surface area contributed by atoms with E-state index in [2.05, 4.69) is 0 Å². The Labute approximate surface area is 110 Å². The van der Waals surface area contributed by atoms with Gasteiger partial charge in [-0.25, -0.2) is 5.84 Å². The first-order valence-electron chi connectivity index (χ1n) is 5.58. The SMILES string of the molecule is COc1ccc(OCc2cc(C(=O)NN)co2)cc1. The third kappa shape index (κ3) is 3.26. The van der Waals surface area contributed by atoms with E-state index in [9.17, 15) is 4.79 Å². The van der Waals surface area contributed by atoms with Gasteiger partial charge in [0.15, 0.2) is 0 Å². The van der Waals surface area contributed by atoms with E-state index in [1.165, 1.54) is 6.26 Å². The van der Waals surface area contributed by atoms with E-state index in [0.29, 0.717) is 17.1 Å². The van der Waals surface area contributed by atoms with Gasteiger partial charge in [0, 0.05) is 0 Å². The summed E-state index contributed by atoms with van der Waals surface area (Å²) in [5.74, 6) is 6.59. The summed E-state index contributed by atoms with van der Waals surface area (Å²) in [6.45, 7) is 0.226. The van der Waals surface area contributed by atoms with E-state index in [4.69, 9.17) is 19.7 Å². The van der Waals surface area contributed by atoms with E-state index in [1.54, 1.807) is 37.4 Å². The number of methoxy groups -OCH3 is 1. The van der Waals surface area contributed by atoms with Crippen LogP contribution in [0.15, 0.2) is 41.0 Å². The summed E-state index contributed by atoms with van der Waals surface area (Å²) in [5.41, 5.74) is 2.38. The van der Waals surface area contributed by atoms with Crippen molar-refractivity contribution in [2.24, 2.45) is 5.84 Å². The van der Waals surface area contributed by atoms with Crippen molar-refractivity contribution in [1.29, 1.82) is 0 Å². The lowest BCUT2D eigenvalue weighted by Gasteiger charge is -2.04. The molecule has 0 radical (unpaired) electrons. The van der Waals surface area contributed by atoms with Crippen LogP contribution in [0.1, 0.15) is 16.1 Å². The van der Waals surface area contributed by atoms with Gasteiger partial charge >= 0.3 is 0 Å². The number of rotatable bonds is 5. The number of furan rings is 1. The molecular weight excluding hydrogens is 248 g/mol. The Kier molecular flexibility index (Phi) is 4.04. The van der Waals surface area contributed by atoms with Gasteiger partial charge in [-0.2, -0.15) is 0 Å². The van der Waals surface area contributed by atoms with Crippen LogP contribution in [0.4, 0.5) is 0 Å². The second-order valence-electron chi connectivity index (χ2n) is 3.74. The van der Waals surface area contributed by atoms with E-state index in [0.717, 1.165) is 5.75 Å². The number of nitrogen functional groups attached to an aromatic ring is 1. The molecule has 100 valence electrons. The maximum absolute atomic E-state index is 11.2. The summed E-state index contributed by atoms with van der Waals surface area (Å²) >= 11 is 0. The summed E-state index contributed by atoms with van der Waals surface area (Å²) in [7, 11) is 1.60. The molecule has 0 unspecified atom stereocenters. The van der Waals surface area contributed by atoms with Gasteiger partial charge in [-0.1, -0.05) is 0 Å². The molecule has 1 aromatic heterocycles. The number of nitrogens with two attached hydrogens (primary N) is 1. The Balaban J connectivity index is 1.94. The fourth-order valence-corrected chi connectivity index (χ4v) is 1.49. The van der Waals surface area contributed by atoms with Gasteiger partial charge in [0.05, 0.1) is 12.7 Å². The first-order chi connectivity index (χ1) is 9.22. The topological polar surface area (TPSA) is 86.7 Å². The van der Waals surface area contributed by atoms with E-state index >= 15 is 0 Å². The number of benzene rings is 1. The minimum absolute atomic E-state index is 0.226. The summed E-state index contributed by atoms with van der Waals surface area (Å²) in [6, 6.07) is 8.74. The molecule has 0 spiro atoms. The van der Waals surface area contributed by atoms with Crippen molar-refractivity contribution in [3.63, 3.8) is 0 Å². The van der Waals surface area contributed by atoms with Crippen LogP contribution in [0, 0.1) is 0 Å². The molecule has 3 N–H and O–H groups in total. The second kappa shape index (κ2) is 5.92. The molecule has 0 aliphatic rings. The monoisotopic (exact) mass is 262 g/mol. The first kappa shape index (κ1) is 13.0. The van der Waals surface area contributed by atoms with Crippen molar-refractivity contribution in [3.05, 3.63) is 47.9 Å². The highest BCUT2D eigenvalue weighted by Gasteiger charge is 2.09. The number of hydrogen-bond acceptors (Lipinski definition) is 5. The number of nitrogens with one attached hydrogen (secondary N) is 1. The zero-order valence-electron chi connectivity index (χ0n) is 10.4. The summed E-state index contributed by atoms with van der Waals surface area (Å²) in [4.78, 5) is 11.2. The van der Waals surface area contributed by atoms with Crippen LogP contribution in [0.5, 0.6) is 11.5 Å². The zero-order chi connectivity index (χ0) is 13.7. The van der Waals surface area contributed by atoms with Crippen molar-refractivity contribution in [2.75, 3.05) is 7.11 Å². The third-order valence-corrected chi connectivity index (χ3v) is 2.49. The highest BCUT2D eigenvalue weighted by atomic mass is 16.5. The van der Waals surface area contributed by atoms with Crippen LogP contribution in [-0.2, 0) is 6.61 Å². The van der Waals surface area contributed by atoms with Crippen LogP contribution < -0.4 is 20.7 Å². The molecule has 0 bridgehead atoms. The van der Waals surface area contributed by atoms with Crippen molar-refractivity contribution in [3.8, 4) is 11.5 Å². The summed E-state index contributed by atoms with van der Waals surface area (Å²) < 4.78 is 15.7. The highest BCUT2D eigenvalue weighted by molar-refractivity contribution is 5.93. The Morgan fingerprint density at radius 3 is 2.63 bits per heavy atom. The number of carbonyl (C=O) groups is 1. The molecular formula is C13H14N2O4. The molecule has 1 amide bonds. The predicted molar refractivity (Wildman–Crippen MR) is 67.7 cm³/mol. The molecule has 0 aliphatic heterocycles. The molecule has 0 aliphatic carbocycles. The molecule has 2 rings (SSSR count). The van der Waals surface area contributed by atoms with Crippen LogP contribution in [-0.4, -0.2) is 13.0 Å². The maximum Gasteiger partial charge on any atom is 0.268 e. The number of carbonyl (C=O) groups excluding carboxylic acids is 1. The summed E-state index contributed by atoms with van der Waals surface area (Å²) in [5, 5.41) is 0. The minimum atomic E-state index is -0.403. The summed E-state index contributed by atoms with van der Waals surface area (Å²) in [6.07, 6.45) is 1.33. The van der Waals surface area contributed by atoms with E-state index in [1.807, 2.05) is 5.43 Å². The van der Waals surface area contributed by atoms with Gasteiger partial charge in [0.2, 0.25) is 0 Å². The van der Waals surface area contributed by atoms with Crippen molar-refractivity contribution >= 4 is 5.91 Å². The van der Waals surface area contributed by atoms with Gasteiger partial charge in [-0.3, -0.25) is 10.2 Å². The van der Waals surface area contributed by atoms with Crippen molar-refractivity contribution in [1.82, 2.24) is 5.43 Å². The normalized spacial score (nSPS) is 10.0. The maximum atomic E-state index is 11.2. The Morgan fingerprint density at radius 1 is 1.32 bits per heavy atom. The number of hydrogen-bond donors (Lipinski definition) is 2. The largest absolute Gasteiger partial charge is 0.497 e. The zero-order valence-corrected chi connectivity index (χ0v) is 10.4. The fraction of sp³-hybridized carbons (Fsp3) is 0.154. The average molecular weight is 262 g/mol. The lowest BCUT2D eigenvalue weighted by atomic mass is 10.3. The molecule has 6 heteroatoms. The lowest BCUT2D eigenvalue weighted by Crippen LogP contribution is -2.29. The second-order valence-corrected chi connectivity index (χ2v) is 3.74. The van der Waals surface area contributed by atoms with Gasteiger partial charge in [-0.05, 0) is 30.3 Å². The first-order valence-corrected chi connectivity index (χ1v) is 5.58. The Morgan fingerprint density at radius 2 is 2.00 bits per heavy atom.